The van der Waals surface area contributed by atoms with Gasteiger partial charge in [0.1, 0.15) is 0 Å². The zero-order valence-corrected chi connectivity index (χ0v) is 10.3. The van der Waals surface area contributed by atoms with Crippen LogP contribution in [-0.2, 0) is 6.42 Å². The molecule has 2 unspecified atom stereocenters. The van der Waals surface area contributed by atoms with E-state index < -0.39 is 0 Å². The van der Waals surface area contributed by atoms with Gasteiger partial charge in [0, 0.05) is 0 Å². The van der Waals surface area contributed by atoms with Crippen molar-refractivity contribution in [3.63, 3.8) is 0 Å². The molecule has 0 heterocycles. The largest absolute Gasteiger partial charge is 0.117 e. The molecule has 2 rings (SSSR count). The molecule has 0 saturated carbocycles. The highest BCUT2D eigenvalue weighted by atomic mass is 35.5. The van der Waals surface area contributed by atoms with Gasteiger partial charge in [-0.05, 0) is 35.8 Å². The molecule has 1 aromatic rings. The third-order valence-corrected chi connectivity index (χ3v) is 3.95. The van der Waals surface area contributed by atoms with Crippen LogP contribution in [0.4, 0.5) is 0 Å². The molecule has 15 heavy (non-hydrogen) atoms. The molecule has 0 saturated heterocycles. The number of halogens is 1. The molecule has 1 aliphatic carbocycles. The number of rotatable bonds is 3. The van der Waals surface area contributed by atoms with Crippen LogP contribution in [0, 0.1) is 11.8 Å². The summed E-state index contributed by atoms with van der Waals surface area (Å²) in [4.78, 5) is 0. The van der Waals surface area contributed by atoms with Gasteiger partial charge in [-0.1, -0.05) is 44.5 Å². The summed E-state index contributed by atoms with van der Waals surface area (Å²) in [5.74, 6) is 1.45. The maximum Gasteiger partial charge on any atom is 0.0619 e. The van der Waals surface area contributed by atoms with Crippen LogP contribution in [0.5, 0.6) is 0 Å². The van der Waals surface area contributed by atoms with Crippen molar-refractivity contribution in [1.29, 1.82) is 0 Å². The molecular weight excluding hydrogens is 204 g/mol. The van der Waals surface area contributed by atoms with Gasteiger partial charge in [-0.15, -0.1) is 11.6 Å². The summed E-state index contributed by atoms with van der Waals surface area (Å²) in [5.41, 5.74) is 2.83. The van der Waals surface area contributed by atoms with Crippen LogP contribution in [0.25, 0.3) is 0 Å². The molecule has 0 amide bonds. The Morgan fingerprint density at radius 1 is 1.33 bits per heavy atom. The van der Waals surface area contributed by atoms with E-state index in [0.717, 1.165) is 5.92 Å². The van der Waals surface area contributed by atoms with Crippen molar-refractivity contribution in [3.05, 3.63) is 35.4 Å². The van der Waals surface area contributed by atoms with E-state index in [1.54, 1.807) is 0 Å². The molecule has 2 atom stereocenters. The van der Waals surface area contributed by atoms with E-state index >= 15 is 0 Å². The summed E-state index contributed by atoms with van der Waals surface area (Å²) < 4.78 is 0. The van der Waals surface area contributed by atoms with E-state index in [0.29, 0.717) is 5.92 Å². The lowest BCUT2D eigenvalue weighted by Crippen LogP contribution is -2.04. The lowest BCUT2D eigenvalue weighted by molar-refractivity contribution is 0.431. The Bertz CT molecular complexity index is 330. The smallest absolute Gasteiger partial charge is 0.0619 e. The average molecular weight is 223 g/mol. The topological polar surface area (TPSA) is 0 Å². The molecule has 82 valence electrons. The van der Waals surface area contributed by atoms with E-state index in [9.17, 15) is 0 Å². The van der Waals surface area contributed by atoms with E-state index in [-0.39, 0.29) is 5.38 Å². The molecule has 1 aromatic carbocycles. The Labute approximate surface area is 97.6 Å². The summed E-state index contributed by atoms with van der Waals surface area (Å²) in [6.07, 6.45) is 3.74. The number of hydrogen-bond donors (Lipinski definition) is 0. The summed E-state index contributed by atoms with van der Waals surface area (Å²) in [5, 5.41) is 0.250. The zero-order valence-electron chi connectivity index (χ0n) is 9.54. The van der Waals surface area contributed by atoms with Crippen molar-refractivity contribution in [2.45, 2.75) is 38.5 Å². The predicted molar refractivity (Wildman–Crippen MR) is 66.3 cm³/mol. The van der Waals surface area contributed by atoms with Crippen molar-refractivity contribution in [2.24, 2.45) is 11.8 Å². The van der Waals surface area contributed by atoms with Gasteiger partial charge in [0.15, 0.2) is 0 Å². The van der Waals surface area contributed by atoms with E-state index in [4.69, 9.17) is 11.6 Å². The molecule has 1 aliphatic rings. The Hall–Kier alpha value is -0.490. The highest BCUT2D eigenvalue weighted by Crippen LogP contribution is 2.43. The fourth-order valence-corrected chi connectivity index (χ4v) is 2.85. The zero-order chi connectivity index (χ0) is 10.8. The van der Waals surface area contributed by atoms with Crippen molar-refractivity contribution in [3.8, 4) is 0 Å². The minimum atomic E-state index is 0.250. The van der Waals surface area contributed by atoms with Crippen LogP contribution < -0.4 is 0 Å². The van der Waals surface area contributed by atoms with Crippen molar-refractivity contribution in [2.75, 3.05) is 0 Å². The van der Waals surface area contributed by atoms with Crippen LogP contribution in [0.15, 0.2) is 24.3 Å². The van der Waals surface area contributed by atoms with Crippen LogP contribution in [0.3, 0.4) is 0 Å². The van der Waals surface area contributed by atoms with Gasteiger partial charge in [0.25, 0.3) is 0 Å². The minimum absolute atomic E-state index is 0.250. The Kier molecular flexibility index (Phi) is 3.35. The lowest BCUT2D eigenvalue weighted by atomic mass is 9.95. The fourth-order valence-electron chi connectivity index (χ4n) is 2.42. The first-order chi connectivity index (χ1) is 7.18. The summed E-state index contributed by atoms with van der Waals surface area (Å²) in [6.45, 7) is 4.57. The Morgan fingerprint density at radius 3 is 2.73 bits per heavy atom. The third-order valence-electron chi connectivity index (χ3n) is 3.36. The van der Waals surface area contributed by atoms with Crippen molar-refractivity contribution >= 4 is 11.6 Å². The SMILES string of the molecule is CC(C)CCC1Cc2ccccc2C1Cl. The molecule has 0 fully saturated rings. The molecule has 0 nitrogen and oxygen atoms in total. The first-order valence-electron chi connectivity index (χ1n) is 5.90. The van der Waals surface area contributed by atoms with Gasteiger partial charge in [0.2, 0.25) is 0 Å². The maximum absolute atomic E-state index is 6.49. The van der Waals surface area contributed by atoms with Gasteiger partial charge in [0.05, 0.1) is 5.38 Å². The second-order valence-corrected chi connectivity index (χ2v) is 5.51. The standard InChI is InChI=1S/C14H19Cl/c1-10(2)7-8-12-9-11-5-3-4-6-13(11)14(12)15/h3-6,10,12,14H,7-9H2,1-2H3. The molecule has 0 aliphatic heterocycles. The number of hydrogen-bond acceptors (Lipinski definition) is 0. The third kappa shape index (κ3) is 2.36. The van der Waals surface area contributed by atoms with Crippen LogP contribution in [0.2, 0.25) is 0 Å². The van der Waals surface area contributed by atoms with Crippen LogP contribution in [0.1, 0.15) is 43.2 Å². The van der Waals surface area contributed by atoms with E-state index in [1.165, 1.54) is 30.4 Å². The number of alkyl halides is 1. The highest BCUT2D eigenvalue weighted by molar-refractivity contribution is 6.21. The monoisotopic (exact) mass is 222 g/mol. The average Bonchev–Trinajstić information content (AvgIpc) is 2.54. The molecule has 1 heteroatoms. The predicted octanol–water partition coefficient (Wildman–Crippen LogP) is 4.58. The van der Waals surface area contributed by atoms with Gasteiger partial charge in [-0.25, -0.2) is 0 Å². The van der Waals surface area contributed by atoms with Gasteiger partial charge in [-0.3, -0.25) is 0 Å². The fraction of sp³-hybridized carbons (Fsp3) is 0.571. The van der Waals surface area contributed by atoms with Gasteiger partial charge in [-0.2, -0.15) is 0 Å². The maximum atomic E-state index is 6.49. The second kappa shape index (κ2) is 4.57. The molecule has 0 aromatic heterocycles. The van der Waals surface area contributed by atoms with E-state index in [2.05, 4.69) is 38.1 Å². The van der Waals surface area contributed by atoms with Crippen molar-refractivity contribution in [1.82, 2.24) is 0 Å². The lowest BCUT2D eigenvalue weighted by Gasteiger charge is -2.15. The molecule has 0 N–H and O–H groups in total. The summed E-state index contributed by atoms with van der Waals surface area (Å²) in [7, 11) is 0. The molecule has 0 spiro atoms. The first-order valence-corrected chi connectivity index (χ1v) is 6.34. The van der Waals surface area contributed by atoms with Crippen molar-refractivity contribution < 1.29 is 0 Å². The van der Waals surface area contributed by atoms with Gasteiger partial charge >= 0.3 is 0 Å². The Balaban J connectivity index is 2.03. The second-order valence-electron chi connectivity index (χ2n) is 5.04. The quantitative estimate of drug-likeness (QED) is 0.657. The normalized spacial score (nSPS) is 24.5. The number of benzene rings is 1. The minimum Gasteiger partial charge on any atom is -0.117 e. The summed E-state index contributed by atoms with van der Waals surface area (Å²) in [6, 6.07) is 8.62. The first kappa shape index (κ1) is 11.0. The number of fused-ring (bicyclic) bond motifs is 1. The van der Waals surface area contributed by atoms with Crippen LogP contribution >= 0.6 is 11.6 Å². The van der Waals surface area contributed by atoms with E-state index in [1.807, 2.05) is 0 Å². The molecular formula is C14H19Cl. The Morgan fingerprint density at radius 2 is 2.07 bits per heavy atom. The highest BCUT2D eigenvalue weighted by Gasteiger charge is 2.29. The van der Waals surface area contributed by atoms with Crippen LogP contribution in [-0.4, -0.2) is 0 Å². The summed E-state index contributed by atoms with van der Waals surface area (Å²) >= 11 is 6.49. The molecule has 0 bridgehead atoms. The van der Waals surface area contributed by atoms with Gasteiger partial charge < -0.3 is 0 Å². The molecule has 0 radical (unpaired) electrons.